The number of sulfonamides is 1. The molecule has 1 aromatic carbocycles. The summed E-state index contributed by atoms with van der Waals surface area (Å²) in [5, 5.41) is 9.67. The topological polar surface area (TPSA) is 57.6 Å². The molecule has 0 spiro atoms. The van der Waals surface area contributed by atoms with E-state index in [2.05, 4.69) is 13.8 Å². The van der Waals surface area contributed by atoms with Gasteiger partial charge in [0.15, 0.2) is 0 Å². The van der Waals surface area contributed by atoms with Gasteiger partial charge in [-0.05, 0) is 30.4 Å². The number of phenols is 1. The third-order valence-corrected chi connectivity index (χ3v) is 5.51. The van der Waals surface area contributed by atoms with E-state index in [-0.39, 0.29) is 16.1 Å². The van der Waals surface area contributed by atoms with E-state index in [0.717, 1.165) is 12.8 Å². The minimum Gasteiger partial charge on any atom is -0.507 e. The van der Waals surface area contributed by atoms with Crippen LogP contribution in [0.4, 0.5) is 0 Å². The molecule has 0 bridgehead atoms. The lowest BCUT2D eigenvalue weighted by molar-refractivity contribution is 0.195. The summed E-state index contributed by atoms with van der Waals surface area (Å²) in [6.07, 6.45) is 1.69. The highest BCUT2D eigenvalue weighted by Crippen LogP contribution is 2.33. The smallest absolute Gasteiger partial charge is 0.246 e. The van der Waals surface area contributed by atoms with Crippen molar-refractivity contribution < 1.29 is 13.5 Å². The fourth-order valence-electron chi connectivity index (χ4n) is 2.15. The van der Waals surface area contributed by atoms with Crippen LogP contribution in [0.2, 0.25) is 0 Å². The van der Waals surface area contributed by atoms with Crippen LogP contribution in [0.25, 0.3) is 0 Å². The standard InChI is InChI=1S/C13H19NO3S/c1-13(2)7-9-14(10-8-13)18(16,17)12-6-4-3-5-11(12)15/h3-6,15H,7-10H2,1-2H3. The second kappa shape index (κ2) is 4.55. The van der Waals surface area contributed by atoms with Gasteiger partial charge in [-0.1, -0.05) is 26.0 Å². The minimum absolute atomic E-state index is 0.00436. The Morgan fingerprint density at radius 1 is 1.17 bits per heavy atom. The second-order valence-electron chi connectivity index (χ2n) is 5.54. The SMILES string of the molecule is CC1(C)CCN(S(=O)(=O)c2ccccc2O)CC1. The van der Waals surface area contributed by atoms with Crippen molar-refractivity contribution in [3.05, 3.63) is 24.3 Å². The van der Waals surface area contributed by atoms with Gasteiger partial charge in [-0.3, -0.25) is 0 Å². The molecule has 5 heteroatoms. The van der Waals surface area contributed by atoms with Crippen LogP contribution in [0.15, 0.2) is 29.2 Å². The van der Waals surface area contributed by atoms with Crippen LogP contribution in [0.5, 0.6) is 5.75 Å². The maximum absolute atomic E-state index is 12.4. The lowest BCUT2D eigenvalue weighted by Crippen LogP contribution is -2.41. The number of piperidine rings is 1. The first-order valence-corrected chi connectivity index (χ1v) is 7.55. The van der Waals surface area contributed by atoms with Gasteiger partial charge in [0.1, 0.15) is 10.6 Å². The highest BCUT2D eigenvalue weighted by molar-refractivity contribution is 7.89. The third-order valence-electron chi connectivity index (χ3n) is 3.56. The molecule has 0 radical (unpaired) electrons. The molecule has 1 aliphatic rings. The number of benzene rings is 1. The van der Waals surface area contributed by atoms with Crippen LogP contribution in [-0.2, 0) is 10.0 Å². The first kappa shape index (κ1) is 13.4. The van der Waals surface area contributed by atoms with E-state index in [9.17, 15) is 13.5 Å². The molecule has 0 atom stereocenters. The van der Waals surface area contributed by atoms with E-state index in [4.69, 9.17) is 0 Å². The van der Waals surface area contributed by atoms with Gasteiger partial charge >= 0.3 is 0 Å². The van der Waals surface area contributed by atoms with Gasteiger partial charge < -0.3 is 5.11 Å². The van der Waals surface area contributed by atoms with Crippen molar-refractivity contribution in [2.75, 3.05) is 13.1 Å². The van der Waals surface area contributed by atoms with Crippen molar-refractivity contribution in [3.8, 4) is 5.75 Å². The van der Waals surface area contributed by atoms with Gasteiger partial charge in [0, 0.05) is 13.1 Å². The molecule has 1 heterocycles. The summed E-state index contributed by atoms with van der Waals surface area (Å²) in [4.78, 5) is 0.00436. The molecule has 18 heavy (non-hydrogen) atoms. The summed E-state index contributed by atoms with van der Waals surface area (Å²) in [7, 11) is -3.56. The van der Waals surface area contributed by atoms with E-state index in [1.54, 1.807) is 12.1 Å². The Labute approximate surface area is 108 Å². The highest BCUT2D eigenvalue weighted by Gasteiger charge is 2.33. The zero-order valence-corrected chi connectivity index (χ0v) is 11.6. The monoisotopic (exact) mass is 269 g/mol. The Balaban J connectivity index is 2.26. The zero-order valence-electron chi connectivity index (χ0n) is 10.8. The molecule has 100 valence electrons. The van der Waals surface area contributed by atoms with Crippen LogP contribution in [0, 0.1) is 5.41 Å². The van der Waals surface area contributed by atoms with Gasteiger partial charge in [0.25, 0.3) is 0 Å². The van der Waals surface area contributed by atoms with Crippen LogP contribution in [-0.4, -0.2) is 30.9 Å². The Morgan fingerprint density at radius 2 is 1.72 bits per heavy atom. The minimum atomic E-state index is -3.56. The van der Waals surface area contributed by atoms with Crippen molar-refractivity contribution in [1.82, 2.24) is 4.31 Å². The number of hydrogen-bond acceptors (Lipinski definition) is 3. The van der Waals surface area contributed by atoms with Crippen molar-refractivity contribution in [3.63, 3.8) is 0 Å². The molecule has 1 fully saturated rings. The summed E-state index contributed by atoms with van der Waals surface area (Å²) in [6, 6.07) is 6.10. The average molecular weight is 269 g/mol. The van der Waals surface area contributed by atoms with Gasteiger partial charge in [0.2, 0.25) is 10.0 Å². The van der Waals surface area contributed by atoms with Crippen LogP contribution in [0.1, 0.15) is 26.7 Å². The third kappa shape index (κ3) is 2.52. The van der Waals surface area contributed by atoms with E-state index >= 15 is 0 Å². The maximum atomic E-state index is 12.4. The van der Waals surface area contributed by atoms with Crippen molar-refractivity contribution in [2.24, 2.45) is 5.41 Å². The lowest BCUT2D eigenvalue weighted by Gasteiger charge is -2.36. The molecule has 0 unspecified atom stereocenters. The summed E-state index contributed by atoms with van der Waals surface area (Å²) in [5.74, 6) is -0.178. The van der Waals surface area contributed by atoms with Crippen molar-refractivity contribution >= 4 is 10.0 Å². The highest BCUT2D eigenvalue weighted by atomic mass is 32.2. The average Bonchev–Trinajstić information content (AvgIpc) is 2.28. The molecule has 1 saturated heterocycles. The van der Waals surface area contributed by atoms with E-state index in [1.807, 2.05) is 0 Å². The molecule has 1 N–H and O–H groups in total. The fourth-order valence-corrected chi connectivity index (χ4v) is 3.67. The second-order valence-corrected chi connectivity index (χ2v) is 7.44. The molecule has 0 aromatic heterocycles. The van der Waals surface area contributed by atoms with E-state index < -0.39 is 10.0 Å². The van der Waals surface area contributed by atoms with Gasteiger partial charge in [-0.2, -0.15) is 4.31 Å². The number of phenolic OH excluding ortho intramolecular Hbond substituents is 1. The molecular formula is C13H19NO3S. The summed E-state index contributed by atoms with van der Waals surface area (Å²) < 4.78 is 26.2. The number of aromatic hydroxyl groups is 1. The predicted octanol–water partition coefficient (Wildman–Crippen LogP) is 2.20. The quantitative estimate of drug-likeness (QED) is 0.895. The fraction of sp³-hybridized carbons (Fsp3) is 0.538. The van der Waals surface area contributed by atoms with Gasteiger partial charge in [-0.25, -0.2) is 8.42 Å². The first-order chi connectivity index (χ1) is 8.33. The molecule has 1 aromatic rings. The van der Waals surface area contributed by atoms with Crippen molar-refractivity contribution in [1.29, 1.82) is 0 Å². The Morgan fingerprint density at radius 3 is 2.28 bits per heavy atom. The largest absolute Gasteiger partial charge is 0.507 e. The van der Waals surface area contributed by atoms with E-state index in [0.29, 0.717) is 13.1 Å². The van der Waals surface area contributed by atoms with Crippen LogP contribution >= 0.6 is 0 Å². The molecule has 1 aliphatic heterocycles. The number of para-hydroxylation sites is 1. The Bertz CT molecular complexity index is 527. The van der Waals surface area contributed by atoms with E-state index in [1.165, 1.54) is 16.4 Å². The Hall–Kier alpha value is -1.07. The van der Waals surface area contributed by atoms with Gasteiger partial charge in [0.05, 0.1) is 0 Å². The summed E-state index contributed by atoms with van der Waals surface area (Å²) in [5.41, 5.74) is 0.199. The number of hydrogen-bond donors (Lipinski definition) is 1. The summed E-state index contributed by atoms with van der Waals surface area (Å²) >= 11 is 0. The lowest BCUT2D eigenvalue weighted by atomic mass is 9.83. The molecule has 4 nitrogen and oxygen atoms in total. The molecule has 0 amide bonds. The van der Waals surface area contributed by atoms with Gasteiger partial charge in [-0.15, -0.1) is 0 Å². The molecule has 0 saturated carbocycles. The van der Waals surface area contributed by atoms with Crippen LogP contribution < -0.4 is 0 Å². The zero-order chi connectivity index (χ0) is 13.4. The molecular weight excluding hydrogens is 250 g/mol. The normalized spacial score (nSPS) is 20.8. The maximum Gasteiger partial charge on any atom is 0.246 e. The molecule has 2 rings (SSSR count). The molecule has 0 aliphatic carbocycles. The predicted molar refractivity (Wildman–Crippen MR) is 69.9 cm³/mol. The van der Waals surface area contributed by atoms with Crippen molar-refractivity contribution in [2.45, 2.75) is 31.6 Å². The van der Waals surface area contributed by atoms with Crippen LogP contribution in [0.3, 0.4) is 0 Å². The first-order valence-electron chi connectivity index (χ1n) is 6.11. The number of rotatable bonds is 2. The Kier molecular flexibility index (Phi) is 3.38. The summed E-state index contributed by atoms with van der Waals surface area (Å²) in [6.45, 7) is 5.33. The number of nitrogens with zero attached hydrogens (tertiary/aromatic N) is 1.